The third-order valence-electron chi connectivity index (χ3n) is 4.69. The van der Waals surface area contributed by atoms with Crippen LogP contribution < -0.4 is 19.6 Å². The zero-order valence-corrected chi connectivity index (χ0v) is 22.1. The molecule has 4 rings (SSSR count). The molecule has 0 heterocycles. The van der Waals surface area contributed by atoms with E-state index < -0.39 is 0 Å². The fourth-order valence-electron chi connectivity index (χ4n) is 3.07. The minimum absolute atomic E-state index is 0.174. The summed E-state index contributed by atoms with van der Waals surface area (Å²) in [5.41, 5.74) is 2.65. The Morgan fingerprint density at radius 1 is 0.545 bits per heavy atom. The van der Waals surface area contributed by atoms with Crippen LogP contribution in [0.5, 0.6) is 0 Å². The number of rotatable bonds is 6. The molecule has 0 bridgehead atoms. The number of anilines is 2. The van der Waals surface area contributed by atoms with Gasteiger partial charge in [-0.15, -0.1) is 0 Å². The minimum atomic E-state index is -0.249. The first kappa shape index (κ1) is 23.5. The summed E-state index contributed by atoms with van der Waals surface area (Å²) in [5.74, 6) is -0.349. The quantitative estimate of drug-likeness (QED) is 0.282. The van der Waals surface area contributed by atoms with Gasteiger partial charge in [0.05, 0.1) is 0 Å². The molecule has 0 aliphatic heterocycles. The maximum absolute atomic E-state index is 13.0. The van der Waals surface area contributed by atoms with Gasteiger partial charge >= 0.3 is 216 Å². The Labute approximate surface area is 215 Å². The van der Waals surface area contributed by atoms with Crippen molar-refractivity contribution in [3.8, 4) is 0 Å². The average Bonchev–Trinajstić information content (AvgIpc) is 2.82. The third-order valence-corrected chi connectivity index (χ3v) is 8.16. The molecule has 4 aromatic rings. The summed E-state index contributed by atoms with van der Waals surface area (Å²) in [7, 11) is 0. The van der Waals surface area contributed by atoms with Crippen LogP contribution in [0.2, 0.25) is 0 Å². The summed E-state index contributed by atoms with van der Waals surface area (Å²) >= 11 is 6.56. The zero-order valence-electron chi connectivity index (χ0n) is 17.2. The van der Waals surface area contributed by atoms with Crippen molar-refractivity contribution in [1.82, 2.24) is 0 Å². The van der Waals surface area contributed by atoms with E-state index >= 15 is 0 Å². The standard InChI is InChI=1S/C26H18Br2N2O2Se/c27-17-9-13-19(14-10-17)29-25(31)21-5-1-3-7-23(21)33-24-8-4-2-6-22(24)26(32)30-20-15-11-18(28)12-16-20/h1-16H,(H,29,31)(H,30,32). The van der Waals surface area contributed by atoms with Gasteiger partial charge in [0.25, 0.3) is 0 Å². The Bertz CT molecular complexity index is 1190. The normalized spacial score (nSPS) is 10.5. The number of carbonyl (C=O) groups excluding carboxylic acids is 2. The van der Waals surface area contributed by atoms with Crippen molar-refractivity contribution >= 4 is 78.9 Å². The van der Waals surface area contributed by atoms with Gasteiger partial charge in [0.1, 0.15) is 0 Å². The number of hydrogen-bond donors (Lipinski definition) is 2. The van der Waals surface area contributed by atoms with Crippen LogP contribution in [0.1, 0.15) is 20.7 Å². The molecule has 0 fully saturated rings. The van der Waals surface area contributed by atoms with E-state index in [1.165, 1.54) is 0 Å². The first-order chi connectivity index (χ1) is 16.0. The molecule has 0 spiro atoms. The number of benzene rings is 4. The SMILES string of the molecule is O=C(Nc1ccc(Br)cc1)c1ccccc1[Se]c1ccccc1C(=O)Nc1ccc(Br)cc1. The molecule has 0 aliphatic carbocycles. The van der Waals surface area contributed by atoms with Crippen molar-refractivity contribution in [2.24, 2.45) is 0 Å². The van der Waals surface area contributed by atoms with Gasteiger partial charge in [-0.3, -0.25) is 0 Å². The number of nitrogens with one attached hydrogen (secondary N) is 2. The van der Waals surface area contributed by atoms with Gasteiger partial charge in [0.2, 0.25) is 0 Å². The molecule has 0 atom stereocenters. The van der Waals surface area contributed by atoms with E-state index in [0.717, 1.165) is 29.2 Å². The second-order valence-electron chi connectivity index (χ2n) is 7.02. The number of carbonyl (C=O) groups is 2. The summed E-state index contributed by atoms with van der Waals surface area (Å²) < 4.78 is 3.71. The summed E-state index contributed by atoms with van der Waals surface area (Å²) in [6, 6.07) is 29.9. The van der Waals surface area contributed by atoms with Gasteiger partial charge < -0.3 is 0 Å². The van der Waals surface area contributed by atoms with Crippen LogP contribution in [-0.4, -0.2) is 26.8 Å². The Kier molecular flexibility index (Phi) is 7.78. The van der Waals surface area contributed by atoms with Crippen molar-refractivity contribution < 1.29 is 9.59 Å². The summed E-state index contributed by atoms with van der Waals surface area (Å²) in [6.45, 7) is 0. The molecular weight excluding hydrogens is 611 g/mol. The Morgan fingerprint density at radius 2 is 0.909 bits per heavy atom. The van der Waals surface area contributed by atoms with Crippen molar-refractivity contribution in [1.29, 1.82) is 0 Å². The van der Waals surface area contributed by atoms with E-state index in [-0.39, 0.29) is 26.8 Å². The van der Waals surface area contributed by atoms with Crippen LogP contribution in [0.25, 0.3) is 0 Å². The summed E-state index contributed by atoms with van der Waals surface area (Å²) in [5, 5.41) is 5.91. The second-order valence-corrected chi connectivity index (χ2v) is 11.1. The predicted octanol–water partition coefficient (Wildman–Crippen LogP) is 5.37. The van der Waals surface area contributed by atoms with E-state index in [2.05, 4.69) is 42.5 Å². The monoisotopic (exact) mass is 628 g/mol. The van der Waals surface area contributed by atoms with Gasteiger partial charge in [-0.1, -0.05) is 0 Å². The van der Waals surface area contributed by atoms with Crippen molar-refractivity contribution in [3.63, 3.8) is 0 Å². The van der Waals surface area contributed by atoms with Crippen LogP contribution >= 0.6 is 31.9 Å². The van der Waals surface area contributed by atoms with Crippen LogP contribution in [0.3, 0.4) is 0 Å². The Hall–Kier alpha value is -2.70. The zero-order chi connectivity index (χ0) is 23.2. The molecule has 4 aromatic carbocycles. The van der Waals surface area contributed by atoms with E-state index in [9.17, 15) is 9.59 Å². The van der Waals surface area contributed by atoms with E-state index in [0.29, 0.717) is 11.1 Å². The van der Waals surface area contributed by atoms with Gasteiger partial charge in [0.15, 0.2) is 0 Å². The third kappa shape index (κ3) is 6.21. The first-order valence-corrected chi connectivity index (χ1v) is 13.3. The molecule has 0 unspecified atom stereocenters. The maximum atomic E-state index is 13.0. The molecule has 0 aromatic heterocycles. The Morgan fingerprint density at radius 3 is 1.30 bits per heavy atom. The predicted molar refractivity (Wildman–Crippen MR) is 142 cm³/mol. The molecule has 33 heavy (non-hydrogen) atoms. The summed E-state index contributed by atoms with van der Waals surface area (Å²) in [4.78, 5) is 26.0. The molecule has 2 N–H and O–H groups in total. The first-order valence-electron chi connectivity index (χ1n) is 9.99. The molecule has 0 radical (unpaired) electrons. The van der Waals surface area contributed by atoms with Crippen LogP contribution in [0, 0.1) is 0 Å². The van der Waals surface area contributed by atoms with Crippen molar-refractivity contribution in [2.75, 3.05) is 10.6 Å². The number of hydrogen-bond acceptors (Lipinski definition) is 2. The van der Waals surface area contributed by atoms with Gasteiger partial charge in [0, 0.05) is 0 Å². The van der Waals surface area contributed by atoms with Crippen LogP contribution in [0.15, 0.2) is 106 Å². The number of halogens is 2. The topological polar surface area (TPSA) is 58.2 Å². The molecule has 0 saturated carbocycles. The fraction of sp³-hybridized carbons (Fsp3) is 0. The second kappa shape index (κ2) is 10.9. The fourth-order valence-corrected chi connectivity index (χ4v) is 5.85. The van der Waals surface area contributed by atoms with E-state index in [1.807, 2.05) is 97.1 Å². The van der Waals surface area contributed by atoms with Crippen LogP contribution in [-0.2, 0) is 0 Å². The van der Waals surface area contributed by atoms with Crippen molar-refractivity contribution in [3.05, 3.63) is 117 Å². The molecule has 0 saturated heterocycles. The van der Waals surface area contributed by atoms with E-state index in [1.54, 1.807) is 0 Å². The summed E-state index contributed by atoms with van der Waals surface area (Å²) in [6.07, 6.45) is 0. The molecule has 0 aliphatic rings. The molecule has 7 heteroatoms. The van der Waals surface area contributed by atoms with Gasteiger partial charge in [-0.05, 0) is 0 Å². The number of amides is 2. The van der Waals surface area contributed by atoms with E-state index in [4.69, 9.17) is 0 Å². The molecular formula is C26H18Br2N2O2Se. The molecule has 164 valence electrons. The average molecular weight is 629 g/mol. The molecule has 4 nitrogen and oxygen atoms in total. The Balaban J connectivity index is 1.56. The van der Waals surface area contributed by atoms with Crippen molar-refractivity contribution in [2.45, 2.75) is 0 Å². The van der Waals surface area contributed by atoms with Gasteiger partial charge in [-0.2, -0.15) is 0 Å². The molecule has 2 amide bonds. The van der Waals surface area contributed by atoms with Gasteiger partial charge in [-0.25, -0.2) is 0 Å². The van der Waals surface area contributed by atoms with Crippen LogP contribution in [0.4, 0.5) is 11.4 Å².